The van der Waals surface area contributed by atoms with Crippen molar-refractivity contribution in [2.24, 2.45) is 0 Å². The second kappa shape index (κ2) is 7.32. The van der Waals surface area contributed by atoms with Crippen LogP contribution in [0.5, 0.6) is 11.5 Å². The first-order chi connectivity index (χ1) is 11.7. The van der Waals surface area contributed by atoms with Gasteiger partial charge >= 0.3 is 0 Å². The standard InChI is InChI=1S/C16H16F3NO4S/c1-20(9-10-4-5-11(23-2)8-13(10)24-3)25(21,22)14-7-6-12(17)15(18)16(14)19/h4-8H,9H2,1-3H3. The number of rotatable bonds is 6. The molecule has 2 rings (SSSR count). The summed E-state index contributed by atoms with van der Waals surface area (Å²) in [6.07, 6.45) is 0. The van der Waals surface area contributed by atoms with Gasteiger partial charge < -0.3 is 9.47 Å². The van der Waals surface area contributed by atoms with Gasteiger partial charge in [0.2, 0.25) is 10.0 Å². The molecule has 0 aliphatic heterocycles. The predicted molar refractivity (Wildman–Crippen MR) is 84.5 cm³/mol. The van der Waals surface area contributed by atoms with Gasteiger partial charge in [0.15, 0.2) is 17.5 Å². The van der Waals surface area contributed by atoms with Crippen molar-refractivity contribution in [1.29, 1.82) is 0 Å². The van der Waals surface area contributed by atoms with Crippen molar-refractivity contribution in [3.63, 3.8) is 0 Å². The van der Waals surface area contributed by atoms with Crippen LogP contribution in [0.4, 0.5) is 13.2 Å². The van der Waals surface area contributed by atoms with Crippen LogP contribution < -0.4 is 9.47 Å². The highest BCUT2D eigenvalue weighted by Crippen LogP contribution is 2.28. The number of hydrogen-bond acceptors (Lipinski definition) is 4. The summed E-state index contributed by atoms with van der Waals surface area (Å²) in [5, 5.41) is 0. The molecule has 0 bridgehead atoms. The van der Waals surface area contributed by atoms with Crippen molar-refractivity contribution >= 4 is 10.0 Å². The van der Waals surface area contributed by atoms with Gasteiger partial charge in [0.05, 0.1) is 14.2 Å². The lowest BCUT2D eigenvalue weighted by atomic mass is 10.2. The Hall–Kier alpha value is -2.26. The minimum atomic E-state index is -4.38. The molecule has 0 radical (unpaired) electrons. The van der Waals surface area contributed by atoms with E-state index in [0.29, 0.717) is 29.2 Å². The first-order valence-corrected chi connectivity index (χ1v) is 8.47. The lowest BCUT2D eigenvalue weighted by Crippen LogP contribution is -2.28. The minimum absolute atomic E-state index is 0.173. The fourth-order valence-electron chi connectivity index (χ4n) is 2.18. The van der Waals surface area contributed by atoms with Crippen LogP contribution in [0.2, 0.25) is 0 Å². The van der Waals surface area contributed by atoms with E-state index >= 15 is 0 Å². The van der Waals surface area contributed by atoms with Crippen LogP contribution in [0.3, 0.4) is 0 Å². The van der Waals surface area contributed by atoms with Crippen LogP contribution in [0.1, 0.15) is 5.56 Å². The normalized spacial score (nSPS) is 11.6. The molecule has 0 N–H and O–H groups in total. The van der Waals surface area contributed by atoms with E-state index in [4.69, 9.17) is 9.47 Å². The largest absolute Gasteiger partial charge is 0.497 e. The highest BCUT2D eigenvalue weighted by Gasteiger charge is 2.28. The molecule has 0 spiro atoms. The van der Waals surface area contributed by atoms with Crippen molar-refractivity contribution in [3.8, 4) is 11.5 Å². The lowest BCUT2D eigenvalue weighted by molar-refractivity contribution is 0.383. The van der Waals surface area contributed by atoms with Crippen LogP contribution >= 0.6 is 0 Å². The number of sulfonamides is 1. The molecule has 25 heavy (non-hydrogen) atoms. The fraction of sp³-hybridized carbons (Fsp3) is 0.250. The molecule has 2 aromatic carbocycles. The second-order valence-corrected chi connectivity index (χ2v) is 7.13. The molecule has 0 aromatic heterocycles. The molecule has 9 heteroatoms. The van der Waals surface area contributed by atoms with E-state index in [1.54, 1.807) is 18.2 Å². The number of nitrogens with zero attached hydrogens (tertiary/aromatic N) is 1. The Morgan fingerprint density at radius 1 is 1.00 bits per heavy atom. The Labute approximate surface area is 143 Å². The van der Waals surface area contributed by atoms with Gasteiger partial charge in [0.25, 0.3) is 0 Å². The van der Waals surface area contributed by atoms with Crippen molar-refractivity contribution in [3.05, 3.63) is 53.3 Å². The van der Waals surface area contributed by atoms with E-state index in [1.165, 1.54) is 21.3 Å². The van der Waals surface area contributed by atoms with E-state index in [2.05, 4.69) is 0 Å². The maximum atomic E-state index is 13.8. The topological polar surface area (TPSA) is 55.8 Å². The van der Waals surface area contributed by atoms with E-state index in [1.807, 2.05) is 0 Å². The van der Waals surface area contributed by atoms with Gasteiger partial charge in [-0.1, -0.05) is 6.07 Å². The van der Waals surface area contributed by atoms with Gasteiger partial charge in [0.1, 0.15) is 16.4 Å². The Kier molecular flexibility index (Phi) is 5.58. The molecular weight excluding hydrogens is 359 g/mol. The number of methoxy groups -OCH3 is 2. The van der Waals surface area contributed by atoms with Gasteiger partial charge in [-0.05, 0) is 18.2 Å². The van der Waals surface area contributed by atoms with Gasteiger partial charge in [-0.2, -0.15) is 4.31 Å². The number of ether oxygens (including phenoxy) is 2. The third kappa shape index (κ3) is 3.72. The third-order valence-corrected chi connectivity index (χ3v) is 5.40. The average molecular weight is 375 g/mol. The molecule has 0 unspecified atom stereocenters. The second-order valence-electron chi connectivity index (χ2n) is 5.11. The van der Waals surface area contributed by atoms with Crippen LogP contribution in [0, 0.1) is 17.5 Å². The molecule has 5 nitrogen and oxygen atoms in total. The highest BCUT2D eigenvalue weighted by atomic mass is 32.2. The first kappa shape index (κ1) is 19.1. The molecule has 0 atom stereocenters. The highest BCUT2D eigenvalue weighted by molar-refractivity contribution is 7.89. The van der Waals surface area contributed by atoms with Gasteiger partial charge in [-0.15, -0.1) is 0 Å². The minimum Gasteiger partial charge on any atom is -0.497 e. The Morgan fingerprint density at radius 2 is 1.68 bits per heavy atom. The molecular formula is C16H16F3NO4S. The van der Waals surface area contributed by atoms with E-state index in [0.717, 1.165) is 4.31 Å². The molecule has 136 valence electrons. The molecule has 0 heterocycles. The van der Waals surface area contributed by atoms with E-state index in [9.17, 15) is 21.6 Å². The lowest BCUT2D eigenvalue weighted by Gasteiger charge is -2.19. The summed E-state index contributed by atoms with van der Waals surface area (Å²) >= 11 is 0. The quantitative estimate of drug-likeness (QED) is 0.729. The molecule has 0 fully saturated rings. The summed E-state index contributed by atoms with van der Waals surface area (Å²) < 4.78 is 76.2. The predicted octanol–water partition coefficient (Wildman–Crippen LogP) is 2.94. The number of halogens is 3. The van der Waals surface area contributed by atoms with Crippen LogP contribution in [-0.2, 0) is 16.6 Å². The number of benzene rings is 2. The molecule has 0 amide bonds. The van der Waals surface area contributed by atoms with Crippen molar-refractivity contribution < 1.29 is 31.1 Å². The van der Waals surface area contributed by atoms with Gasteiger partial charge in [-0.25, -0.2) is 21.6 Å². The monoisotopic (exact) mass is 375 g/mol. The molecule has 0 aliphatic carbocycles. The summed E-state index contributed by atoms with van der Waals surface area (Å²) in [5.41, 5.74) is 0.484. The molecule has 2 aromatic rings. The summed E-state index contributed by atoms with van der Waals surface area (Å²) in [4.78, 5) is -0.943. The van der Waals surface area contributed by atoms with E-state index < -0.39 is 32.4 Å². The van der Waals surface area contributed by atoms with Crippen LogP contribution in [-0.4, -0.2) is 34.0 Å². The van der Waals surface area contributed by atoms with Crippen LogP contribution in [0.25, 0.3) is 0 Å². The van der Waals surface area contributed by atoms with E-state index in [-0.39, 0.29) is 6.54 Å². The summed E-state index contributed by atoms with van der Waals surface area (Å²) in [6, 6.07) is 6.01. The smallest absolute Gasteiger partial charge is 0.246 e. The fourth-order valence-corrected chi connectivity index (χ4v) is 3.38. The zero-order chi connectivity index (χ0) is 18.8. The van der Waals surface area contributed by atoms with Crippen molar-refractivity contribution in [2.45, 2.75) is 11.4 Å². The molecule has 0 aliphatic rings. The van der Waals surface area contributed by atoms with Crippen molar-refractivity contribution in [2.75, 3.05) is 21.3 Å². The number of hydrogen-bond donors (Lipinski definition) is 0. The Balaban J connectivity index is 2.37. The first-order valence-electron chi connectivity index (χ1n) is 7.03. The van der Waals surface area contributed by atoms with Crippen LogP contribution in [0.15, 0.2) is 35.2 Å². The summed E-state index contributed by atoms with van der Waals surface area (Å²) in [5.74, 6) is -4.18. The average Bonchev–Trinajstić information content (AvgIpc) is 2.59. The Morgan fingerprint density at radius 3 is 2.28 bits per heavy atom. The zero-order valence-corrected chi connectivity index (χ0v) is 14.5. The third-order valence-electron chi connectivity index (χ3n) is 3.58. The molecule has 0 saturated heterocycles. The Bertz CT molecular complexity index is 887. The zero-order valence-electron chi connectivity index (χ0n) is 13.7. The van der Waals surface area contributed by atoms with Crippen molar-refractivity contribution in [1.82, 2.24) is 4.31 Å². The van der Waals surface area contributed by atoms with Gasteiger partial charge in [0, 0.05) is 25.2 Å². The maximum absolute atomic E-state index is 13.8. The van der Waals surface area contributed by atoms with Gasteiger partial charge in [-0.3, -0.25) is 0 Å². The SMILES string of the molecule is COc1ccc(CN(C)S(=O)(=O)c2ccc(F)c(F)c2F)c(OC)c1. The maximum Gasteiger partial charge on any atom is 0.246 e. The summed E-state index contributed by atoms with van der Waals surface area (Å²) in [6.45, 7) is -0.173. The molecule has 0 saturated carbocycles. The summed E-state index contributed by atoms with van der Waals surface area (Å²) in [7, 11) is -0.315.